The summed E-state index contributed by atoms with van der Waals surface area (Å²) in [5.41, 5.74) is 0. The van der Waals surface area contributed by atoms with Crippen LogP contribution in [0.2, 0.25) is 0 Å². The Morgan fingerprint density at radius 1 is 1.67 bits per heavy atom. The summed E-state index contributed by atoms with van der Waals surface area (Å²) in [7, 11) is 0. The topological polar surface area (TPSA) is 29.1 Å². The van der Waals surface area contributed by atoms with Crippen LogP contribution in [0.1, 0.15) is 13.3 Å². The molecule has 0 aromatic rings. The van der Waals surface area contributed by atoms with Crippen molar-refractivity contribution in [3.63, 3.8) is 0 Å². The molecule has 54 valence electrons. The summed E-state index contributed by atoms with van der Waals surface area (Å²) in [6, 6.07) is 0. The molecule has 0 fully saturated rings. The summed E-state index contributed by atoms with van der Waals surface area (Å²) in [5, 5.41) is 2.55. The Labute approximate surface area is 71.7 Å². The van der Waals surface area contributed by atoms with Crippen LogP contribution in [0.25, 0.3) is 0 Å². The zero-order chi connectivity index (χ0) is 5.70. The standard InChI is InChI=1S/C5H10NO.CH3.W/c1-3-5(7)6-4-2;;/h2-4H2,1H3,(H,6,7);1H3;/q2*-1;+2. The second-order valence-electron chi connectivity index (χ2n) is 1.20. The first-order valence-corrected chi connectivity index (χ1v) is 2.37. The normalized spacial score (nSPS) is 6.44. The van der Waals surface area contributed by atoms with Crippen molar-refractivity contribution in [3.05, 3.63) is 14.4 Å². The molecule has 0 aromatic heterocycles. The minimum absolute atomic E-state index is 0. The molecular weight excluding hydrogens is 286 g/mol. The van der Waals surface area contributed by atoms with E-state index in [9.17, 15) is 4.79 Å². The molecule has 0 aliphatic carbocycles. The fraction of sp³-hybridized carbons (Fsp3) is 0.500. The van der Waals surface area contributed by atoms with Gasteiger partial charge in [-0.15, -0.1) is 6.54 Å². The minimum Gasteiger partial charge on any atom is -0.386 e. The van der Waals surface area contributed by atoms with E-state index in [1.807, 2.05) is 6.92 Å². The van der Waals surface area contributed by atoms with Gasteiger partial charge in [-0.05, 0) is 0 Å². The summed E-state index contributed by atoms with van der Waals surface area (Å²) in [5.74, 6) is 0.0648. The molecule has 3 heteroatoms. The Bertz CT molecular complexity index is 66.1. The number of carbonyl (C=O) groups is 1. The van der Waals surface area contributed by atoms with Crippen molar-refractivity contribution in [1.29, 1.82) is 0 Å². The van der Waals surface area contributed by atoms with Gasteiger partial charge in [0.25, 0.3) is 0 Å². The molecule has 0 rings (SSSR count). The molecule has 2 nitrogen and oxygen atoms in total. The van der Waals surface area contributed by atoms with Gasteiger partial charge >= 0.3 is 21.1 Å². The Morgan fingerprint density at radius 3 is 2.22 bits per heavy atom. The van der Waals surface area contributed by atoms with Crippen LogP contribution in [-0.4, -0.2) is 12.5 Å². The van der Waals surface area contributed by atoms with Gasteiger partial charge in [0.05, 0.1) is 0 Å². The van der Waals surface area contributed by atoms with E-state index in [2.05, 4.69) is 12.2 Å². The van der Waals surface area contributed by atoms with Gasteiger partial charge < -0.3 is 19.7 Å². The maximum Gasteiger partial charge on any atom is 2.00 e. The third-order valence-electron chi connectivity index (χ3n) is 0.643. The van der Waals surface area contributed by atoms with Gasteiger partial charge in [-0.3, -0.25) is 4.79 Å². The maximum atomic E-state index is 10.3. The zero-order valence-corrected chi connectivity index (χ0v) is 8.87. The van der Waals surface area contributed by atoms with Crippen LogP contribution in [0.4, 0.5) is 0 Å². The van der Waals surface area contributed by atoms with Gasteiger partial charge in [0.1, 0.15) is 0 Å². The molecular formula is C6H13NOW. The quantitative estimate of drug-likeness (QED) is 0.751. The zero-order valence-electron chi connectivity index (χ0n) is 5.94. The maximum absolute atomic E-state index is 10.3. The molecule has 1 N–H and O–H groups in total. The van der Waals surface area contributed by atoms with E-state index in [1.54, 1.807) is 0 Å². The summed E-state index contributed by atoms with van der Waals surface area (Å²) < 4.78 is 0. The number of rotatable bonds is 2. The largest absolute Gasteiger partial charge is 2.00 e. The molecule has 0 spiro atoms. The van der Waals surface area contributed by atoms with Crippen molar-refractivity contribution in [3.8, 4) is 0 Å². The van der Waals surface area contributed by atoms with Crippen LogP contribution in [0.3, 0.4) is 0 Å². The van der Waals surface area contributed by atoms with E-state index in [1.165, 1.54) is 0 Å². The summed E-state index contributed by atoms with van der Waals surface area (Å²) >= 11 is 0. The average Bonchev–Trinajstić information content (AvgIpc) is 1.68. The molecule has 0 saturated heterocycles. The molecule has 0 bridgehead atoms. The van der Waals surface area contributed by atoms with Crippen LogP contribution >= 0.6 is 0 Å². The number of carbonyl (C=O) groups excluding carboxylic acids is 1. The van der Waals surface area contributed by atoms with Crippen LogP contribution in [0.15, 0.2) is 0 Å². The van der Waals surface area contributed by atoms with Crippen molar-refractivity contribution in [1.82, 2.24) is 5.32 Å². The van der Waals surface area contributed by atoms with E-state index in [0.717, 1.165) is 0 Å². The summed E-state index contributed by atoms with van der Waals surface area (Å²) in [6.45, 7) is 5.74. The SMILES string of the molecule is [CH2-]CNC(=O)CC.[CH3-].[W+2]. The molecule has 0 aliphatic heterocycles. The van der Waals surface area contributed by atoms with Crippen LogP contribution in [0, 0.1) is 14.4 Å². The van der Waals surface area contributed by atoms with Crippen molar-refractivity contribution in [2.24, 2.45) is 0 Å². The Morgan fingerprint density at radius 2 is 2.11 bits per heavy atom. The van der Waals surface area contributed by atoms with Crippen LogP contribution in [0.5, 0.6) is 0 Å². The first-order valence-electron chi connectivity index (χ1n) is 2.37. The van der Waals surface area contributed by atoms with Gasteiger partial charge in [0.2, 0.25) is 5.91 Å². The van der Waals surface area contributed by atoms with Crippen molar-refractivity contribution in [2.45, 2.75) is 13.3 Å². The second-order valence-corrected chi connectivity index (χ2v) is 1.20. The van der Waals surface area contributed by atoms with Crippen LogP contribution < -0.4 is 5.32 Å². The average molecular weight is 299 g/mol. The first-order chi connectivity index (χ1) is 3.31. The van der Waals surface area contributed by atoms with E-state index >= 15 is 0 Å². The third-order valence-corrected chi connectivity index (χ3v) is 0.643. The van der Waals surface area contributed by atoms with Crippen molar-refractivity contribution < 1.29 is 25.9 Å². The molecule has 0 aliphatic rings. The Kier molecular flexibility index (Phi) is 19.7. The van der Waals surface area contributed by atoms with E-state index < -0.39 is 0 Å². The molecule has 0 unspecified atom stereocenters. The molecule has 9 heavy (non-hydrogen) atoms. The van der Waals surface area contributed by atoms with Gasteiger partial charge in [-0.1, -0.05) is 6.92 Å². The number of hydrogen-bond donors (Lipinski definition) is 1. The van der Waals surface area contributed by atoms with Crippen molar-refractivity contribution in [2.75, 3.05) is 6.54 Å². The van der Waals surface area contributed by atoms with Crippen LogP contribution in [-0.2, 0) is 25.9 Å². The molecule has 1 amide bonds. The molecule has 0 heterocycles. The number of hydrogen-bond acceptors (Lipinski definition) is 1. The second kappa shape index (κ2) is 11.0. The number of nitrogens with one attached hydrogen (secondary N) is 1. The Balaban J connectivity index is -0.000000180. The molecule has 0 radical (unpaired) electrons. The smallest absolute Gasteiger partial charge is 0.386 e. The fourth-order valence-electron chi connectivity index (χ4n) is 0.264. The molecule has 0 saturated carbocycles. The molecule has 0 atom stereocenters. The van der Waals surface area contributed by atoms with Crippen molar-refractivity contribution >= 4 is 5.91 Å². The van der Waals surface area contributed by atoms with Gasteiger partial charge in [0.15, 0.2) is 0 Å². The van der Waals surface area contributed by atoms with E-state index in [-0.39, 0.29) is 34.4 Å². The first kappa shape index (κ1) is 16.1. The van der Waals surface area contributed by atoms with E-state index in [0.29, 0.717) is 13.0 Å². The Hall–Kier alpha value is 0.158. The molecule has 0 aromatic carbocycles. The van der Waals surface area contributed by atoms with Gasteiger partial charge in [-0.25, -0.2) is 0 Å². The van der Waals surface area contributed by atoms with Gasteiger partial charge in [0, 0.05) is 6.42 Å². The van der Waals surface area contributed by atoms with Gasteiger partial charge in [-0.2, -0.15) is 0 Å². The fourth-order valence-corrected chi connectivity index (χ4v) is 0.264. The minimum atomic E-state index is 0. The predicted molar refractivity (Wildman–Crippen MR) is 35.1 cm³/mol. The monoisotopic (exact) mass is 299 g/mol. The summed E-state index contributed by atoms with van der Waals surface area (Å²) in [6.07, 6.45) is 0.551. The van der Waals surface area contributed by atoms with E-state index in [4.69, 9.17) is 0 Å². The summed E-state index contributed by atoms with van der Waals surface area (Å²) in [4.78, 5) is 10.3. The predicted octanol–water partition coefficient (Wildman–Crippen LogP) is 0.794. The number of amides is 1. The third kappa shape index (κ3) is 11.6.